The zero-order chi connectivity index (χ0) is 20.1. The SMILES string of the molecule is Cc1cccc(N(C(S)Cc2ccc(Cl)cc2)C(S)Cc2ccc(Cl)cc2)c1. The molecule has 1 nitrogen and oxygen atoms in total. The minimum atomic E-state index is -0.0298. The van der Waals surface area contributed by atoms with Gasteiger partial charge in [-0.1, -0.05) is 59.6 Å². The van der Waals surface area contributed by atoms with Gasteiger partial charge in [0.25, 0.3) is 0 Å². The van der Waals surface area contributed by atoms with Gasteiger partial charge in [0.05, 0.1) is 10.7 Å². The Hall–Kier alpha value is -1.26. The van der Waals surface area contributed by atoms with Crippen LogP contribution < -0.4 is 4.90 Å². The van der Waals surface area contributed by atoms with Crippen LogP contribution in [-0.4, -0.2) is 10.7 Å². The number of rotatable bonds is 7. The van der Waals surface area contributed by atoms with Crippen molar-refractivity contribution in [3.8, 4) is 0 Å². The van der Waals surface area contributed by atoms with E-state index >= 15 is 0 Å². The Bertz CT molecular complexity index is 844. The van der Waals surface area contributed by atoms with Gasteiger partial charge in [-0.05, 0) is 60.0 Å². The molecule has 28 heavy (non-hydrogen) atoms. The summed E-state index contributed by atoms with van der Waals surface area (Å²) >= 11 is 22.0. The van der Waals surface area contributed by atoms with Crippen LogP contribution in [0.3, 0.4) is 0 Å². The number of hydrogen-bond donors (Lipinski definition) is 2. The van der Waals surface area contributed by atoms with E-state index in [1.807, 2.05) is 48.5 Å². The molecule has 2 atom stereocenters. The van der Waals surface area contributed by atoms with Gasteiger partial charge in [0, 0.05) is 28.6 Å². The third kappa shape index (κ3) is 5.87. The Kier molecular flexibility index (Phi) is 7.64. The lowest BCUT2D eigenvalue weighted by Crippen LogP contribution is -2.40. The van der Waals surface area contributed by atoms with Crippen molar-refractivity contribution in [1.29, 1.82) is 0 Å². The van der Waals surface area contributed by atoms with E-state index in [-0.39, 0.29) is 10.7 Å². The summed E-state index contributed by atoms with van der Waals surface area (Å²) in [7, 11) is 0. The van der Waals surface area contributed by atoms with E-state index in [2.05, 4.69) is 36.1 Å². The Morgan fingerprint density at radius 3 is 1.64 bits per heavy atom. The Morgan fingerprint density at radius 1 is 0.750 bits per heavy atom. The third-order valence-electron chi connectivity index (χ3n) is 4.61. The second-order valence-corrected chi connectivity index (χ2v) is 8.93. The van der Waals surface area contributed by atoms with Crippen molar-refractivity contribution in [2.45, 2.75) is 30.5 Å². The summed E-state index contributed by atoms with van der Waals surface area (Å²) in [4.78, 5) is 2.27. The van der Waals surface area contributed by atoms with Gasteiger partial charge in [0.1, 0.15) is 0 Å². The first-order valence-corrected chi connectivity index (χ1v) is 10.9. The molecule has 0 aliphatic heterocycles. The summed E-state index contributed by atoms with van der Waals surface area (Å²) < 4.78 is 0. The number of aryl methyl sites for hydroxylation is 1. The molecule has 0 radical (unpaired) electrons. The molecular weight excluding hydrogens is 425 g/mol. The average molecular weight is 448 g/mol. The first kappa shape index (κ1) is 21.4. The lowest BCUT2D eigenvalue weighted by atomic mass is 10.1. The van der Waals surface area contributed by atoms with Gasteiger partial charge in [0.15, 0.2) is 0 Å². The van der Waals surface area contributed by atoms with Crippen molar-refractivity contribution >= 4 is 54.1 Å². The van der Waals surface area contributed by atoms with E-state index in [1.165, 1.54) is 16.7 Å². The predicted octanol–water partition coefficient (Wildman–Crippen LogP) is 7.11. The fraction of sp³-hybridized carbons (Fsp3) is 0.217. The van der Waals surface area contributed by atoms with Gasteiger partial charge < -0.3 is 4.90 Å². The molecule has 5 heteroatoms. The lowest BCUT2D eigenvalue weighted by Gasteiger charge is -2.36. The van der Waals surface area contributed by atoms with Crippen LogP contribution in [0.2, 0.25) is 10.0 Å². The molecule has 2 unspecified atom stereocenters. The molecule has 0 bridgehead atoms. The zero-order valence-corrected chi connectivity index (χ0v) is 18.9. The van der Waals surface area contributed by atoms with Crippen LogP contribution in [0.25, 0.3) is 0 Å². The largest absolute Gasteiger partial charge is 0.347 e. The molecule has 3 aromatic rings. The van der Waals surface area contributed by atoms with E-state index in [4.69, 9.17) is 48.5 Å². The summed E-state index contributed by atoms with van der Waals surface area (Å²) in [6.45, 7) is 2.10. The molecular formula is C23H23Cl2NS2. The molecule has 0 amide bonds. The maximum absolute atomic E-state index is 6.02. The normalized spacial score (nSPS) is 13.2. The van der Waals surface area contributed by atoms with Crippen molar-refractivity contribution < 1.29 is 0 Å². The quantitative estimate of drug-likeness (QED) is 0.288. The molecule has 146 valence electrons. The maximum Gasteiger partial charge on any atom is 0.0773 e. The van der Waals surface area contributed by atoms with Gasteiger partial charge >= 0.3 is 0 Å². The molecule has 0 fully saturated rings. The standard InChI is InChI=1S/C23H23Cl2NS2/c1-16-3-2-4-21(13-16)26(22(27)14-17-5-9-19(24)10-6-17)23(28)15-18-7-11-20(25)12-8-18/h2-13,22-23,27-28H,14-15H2,1H3. The molecule has 3 rings (SSSR count). The lowest BCUT2D eigenvalue weighted by molar-refractivity contribution is 0.703. The van der Waals surface area contributed by atoms with Crippen LogP contribution >= 0.6 is 48.5 Å². The van der Waals surface area contributed by atoms with E-state index < -0.39 is 0 Å². The molecule has 0 aliphatic rings. The van der Waals surface area contributed by atoms with Gasteiger partial charge in [-0.2, -0.15) is 25.3 Å². The number of hydrogen-bond acceptors (Lipinski definition) is 3. The average Bonchev–Trinajstić information content (AvgIpc) is 2.66. The highest BCUT2D eigenvalue weighted by atomic mass is 35.5. The summed E-state index contributed by atoms with van der Waals surface area (Å²) in [6.07, 6.45) is 1.57. The van der Waals surface area contributed by atoms with Crippen LogP contribution in [-0.2, 0) is 12.8 Å². The number of halogens is 2. The van der Waals surface area contributed by atoms with Gasteiger partial charge in [0.2, 0.25) is 0 Å². The fourth-order valence-electron chi connectivity index (χ4n) is 3.19. The number of benzene rings is 3. The molecule has 0 N–H and O–H groups in total. The fourth-order valence-corrected chi connectivity index (χ4v) is 4.56. The molecule has 0 aliphatic carbocycles. The molecule has 3 aromatic carbocycles. The smallest absolute Gasteiger partial charge is 0.0773 e. The Balaban J connectivity index is 1.85. The van der Waals surface area contributed by atoms with Crippen LogP contribution in [0.15, 0.2) is 72.8 Å². The minimum absolute atomic E-state index is 0.0298. The van der Waals surface area contributed by atoms with Crippen molar-refractivity contribution in [1.82, 2.24) is 0 Å². The summed E-state index contributed by atoms with van der Waals surface area (Å²) in [6, 6.07) is 24.3. The van der Waals surface area contributed by atoms with Gasteiger partial charge in [-0.15, -0.1) is 0 Å². The van der Waals surface area contributed by atoms with Crippen molar-refractivity contribution in [3.63, 3.8) is 0 Å². The van der Waals surface area contributed by atoms with Gasteiger partial charge in [-0.25, -0.2) is 0 Å². The molecule has 0 aromatic heterocycles. The third-order valence-corrected chi connectivity index (χ3v) is 5.97. The molecule has 0 saturated heterocycles. The van der Waals surface area contributed by atoms with E-state index in [9.17, 15) is 0 Å². The first-order valence-electron chi connectivity index (χ1n) is 9.12. The highest BCUT2D eigenvalue weighted by Crippen LogP contribution is 2.28. The van der Waals surface area contributed by atoms with Crippen molar-refractivity contribution in [2.24, 2.45) is 0 Å². The monoisotopic (exact) mass is 447 g/mol. The zero-order valence-electron chi connectivity index (χ0n) is 15.6. The number of thiol groups is 2. The second-order valence-electron chi connectivity index (χ2n) is 6.87. The van der Waals surface area contributed by atoms with E-state index in [0.717, 1.165) is 28.6 Å². The predicted molar refractivity (Wildman–Crippen MR) is 130 cm³/mol. The molecule has 0 heterocycles. The molecule has 0 spiro atoms. The van der Waals surface area contributed by atoms with E-state index in [0.29, 0.717) is 0 Å². The number of anilines is 1. The van der Waals surface area contributed by atoms with Crippen LogP contribution in [0, 0.1) is 6.92 Å². The highest BCUT2D eigenvalue weighted by molar-refractivity contribution is 7.82. The minimum Gasteiger partial charge on any atom is -0.347 e. The van der Waals surface area contributed by atoms with Crippen molar-refractivity contribution in [2.75, 3.05) is 4.90 Å². The van der Waals surface area contributed by atoms with Crippen molar-refractivity contribution in [3.05, 3.63) is 99.5 Å². The van der Waals surface area contributed by atoms with Crippen LogP contribution in [0.4, 0.5) is 5.69 Å². The van der Waals surface area contributed by atoms with Crippen LogP contribution in [0.1, 0.15) is 16.7 Å². The van der Waals surface area contributed by atoms with Crippen LogP contribution in [0.5, 0.6) is 0 Å². The maximum atomic E-state index is 6.02. The first-order chi connectivity index (χ1) is 13.4. The Labute approximate surface area is 188 Å². The summed E-state index contributed by atoms with van der Waals surface area (Å²) in [5.41, 5.74) is 4.70. The summed E-state index contributed by atoms with van der Waals surface area (Å²) in [5, 5.41) is 1.42. The summed E-state index contributed by atoms with van der Waals surface area (Å²) in [5.74, 6) is 0. The molecule has 0 saturated carbocycles. The Morgan fingerprint density at radius 2 is 1.21 bits per heavy atom. The second kappa shape index (κ2) is 9.98. The topological polar surface area (TPSA) is 3.24 Å². The van der Waals surface area contributed by atoms with Gasteiger partial charge in [-0.3, -0.25) is 0 Å². The van der Waals surface area contributed by atoms with E-state index in [1.54, 1.807) is 0 Å². The number of nitrogens with zero attached hydrogens (tertiary/aromatic N) is 1. The highest BCUT2D eigenvalue weighted by Gasteiger charge is 2.23.